The molecule has 310 valence electrons. The van der Waals surface area contributed by atoms with Gasteiger partial charge in [-0.1, -0.05) is 18.2 Å². The molecule has 3 N–H and O–H groups in total. The molecule has 4 heterocycles. The molecule has 6 rings (SSSR count). The van der Waals surface area contributed by atoms with Crippen LogP contribution in [0.3, 0.4) is 0 Å². The second kappa shape index (κ2) is 18.6. The van der Waals surface area contributed by atoms with Crippen molar-refractivity contribution in [1.82, 2.24) is 14.8 Å². The Labute approximate surface area is 337 Å². The third-order valence-electron chi connectivity index (χ3n) is 11.4. The van der Waals surface area contributed by atoms with E-state index in [0.29, 0.717) is 63.7 Å². The number of ether oxygens (including phenoxy) is 4. The lowest BCUT2D eigenvalue weighted by molar-refractivity contribution is -0.134. The number of esters is 1. The summed E-state index contributed by atoms with van der Waals surface area (Å²) in [5, 5.41) is 26.5. The Hall–Kier alpha value is -5.79. The maximum Gasteiger partial charge on any atom is 0.342 e. The minimum absolute atomic E-state index is 0.0316. The van der Waals surface area contributed by atoms with E-state index in [0.717, 1.165) is 12.1 Å². The number of aromatic hydroxyl groups is 2. The second-order valence-electron chi connectivity index (χ2n) is 15.4. The lowest BCUT2D eigenvalue weighted by Gasteiger charge is -2.42. The van der Waals surface area contributed by atoms with Gasteiger partial charge in [0, 0.05) is 81.0 Å². The Bertz CT molecular complexity index is 2100. The van der Waals surface area contributed by atoms with Crippen LogP contribution in [0.1, 0.15) is 109 Å². The highest BCUT2D eigenvalue weighted by atomic mass is 16.5. The van der Waals surface area contributed by atoms with E-state index >= 15 is 0 Å². The lowest BCUT2D eigenvalue weighted by atomic mass is 9.83. The van der Waals surface area contributed by atoms with E-state index in [-0.39, 0.29) is 88.2 Å². The Balaban J connectivity index is 1.28. The molecule has 0 radical (unpaired) electrons. The Kier molecular flexibility index (Phi) is 13.4. The SMILES string of the molecule is COc1cc(C(CC(=O)NCCC(=O)N2CC3CC(C2)c2cccc(=O)n2C3)c2c(O)cc3c(c2O)C(=O)OC(C)CCCC(=O)CCCC=C3)cc(OC)c1OC. The summed E-state index contributed by atoms with van der Waals surface area (Å²) in [6, 6.07) is 9.82. The molecule has 0 spiro atoms. The van der Waals surface area contributed by atoms with Crippen molar-refractivity contribution in [3.8, 4) is 28.7 Å². The number of ketones is 1. The van der Waals surface area contributed by atoms with Crippen molar-refractivity contribution in [2.45, 2.75) is 89.2 Å². The fourth-order valence-corrected chi connectivity index (χ4v) is 8.53. The zero-order valence-corrected chi connectivity index (χ0v) is 33.6. The number of fused-ring (bicyclic) bond motifs is 5. The summed E-state index contributed by atoms with van der Waals surface area (Å²) in [6.45, 7) is 3.33. The topological polar surface area (TPSA) is 183 Å². The highest BCUT2D eigenvalue weighted by Gasteiger charge is 2.36. The largest absolute Gasteiger partial charge is 0.507 e. The molecule has 3 aromatic rings. The van der Waals surface area contributed by atoms with E-state index in [2.05, 4.69) is 5.32 Å². The molecular weight excluding hydrogens is 746 g/mol. The lowest BCUT2D eigenvalue weighted by Crippen LogP contribution is -2.49. The molecule has 2 aromatic carbocycles. The summed E-state index contributed by atoms with van der Waals surface area (Å²) in [5.74, 6) is -2.24. The van der Waals surface area contributed by atoms with Crippen molar-refractivity contribution in [2.24, 2.45) is 5.92 Å². The van der Waals surface area contributed by atoms with Gasteiger partial charge in [0.15, 0.2) is 11.5 Å². The number of carbonyl (C=O) groups excluding carboxylic acids is 4. The van der Waals surface area contributed by atoms with Crippen molar-refractivity contribution in [3.05, 3.63) is 80.8 Å². The number of aromatic nitrogens is 1. The minimum atomic E-state index is -1.06. The van der Waals surface area contributed by atoms with E-state index in [1.807, 2.05) is 15.5 Å². The summed E-state index contributed by atoms with van der Waals surface area (Å²) in [5.41, 5.74) is 1.24. The van der Waals surface area contributed by atoms with Gasteiger partial charge in [-0.05, 0) is 80.3 Å². The maximum absolute atomic E-state index is 13.8. The third kappa shape index (κ3) is 9.32. The molecule has 4 unspecified atom stereocenters. The van der Waals surface area contributed by atoms with Gasteiger partial charge in [-0.2, -0.15) is 0 Å². The quantitative estimate of drug-likeness (QED) is 0.222. The number of nitrogens with one attached hydrogen (secondary N) is 1. The molecule has 4 atom stereocenters. The van der Waals surface area contributed by atoms with Gasteiger partial charge in [-0.15, -0.1) is 0 Å². The second-order valence-corrected chi connectivity index (χ2v) is 15.4. The average molecular weight is 800 g/mol. The molecule has 58 heavy (non-hydrogen) atoms. The number of likely N-dealkylation sites (tertiary alicyclic amines) is 1. The standard InChI is InChI=1S/C44H53N3O11/c1-26-10-8-13-31(48)12-7-5-6-11-28-19-34(49)41(42(53)40(28)44(54)58-26)32(29-20-35(55-2)43(57-4)36(21-29)56-3)22-37(50)45-17-16-38(51)46-23-27-18-30(25-46)33-14-9-15-39(52)47(33)24-27/h6,9,11,14-15,19-21,26-27,30,32,49,53H,5,7-8,10,12-13,16-18,22-25H2,1-4H3,(H,45,50). The molecule has 0 saturated carbocycles. The van der Waals surface area contributed by atoms with Crippen LogP contribution in [-0.2, 0) is 25.7 Å². The number of allylic oxidation sites excluding steroid dienone is 1. The number of piperidine rings is 1. The first-order valence-electron chi connectivity index (χ1n) is 19.9. The molecule has 1 saturated heterocycles. The summed E-state index contributed by atoms with van der Waals surface area (Å²) in [6.07, 6.45) is 6.38. The molecule has 0 aliphatic carbocycles. The zero-order valence-electron chi connectivity index (χ0n) is 33.6. The van der Waals surface area contributed by atoms with Gasteiger partial charge in [0.05, 0.1) is 27.4 Å². The number of nitrogens with zero attached hydrogens (tertiary/aromatic N) is 2. The molecule has 2 bridgehead atoms. The maximum atomic E-state index is 13.8. The average Bonchev–Trinajstić information content (AvgIpc) is 3.19. The number of carbonyl (C=O) groups is 4. The van der Waals surface area contributed by atoms with Crippen LogP contribution < -0.4 is 25.1 Å². The highest BCUT2D eigenvalue weighted by Crippen LogP contribution is 2.48. The van der Waals surface area contributed by atoms with Crippen molar-refractivity contribution in [3.63, 3.8) is 0 Å². The number of cyclic esters (lactones) is 1. The van der Waals surface area contributed by atoms with E-state index in [4.69, 9.17) is 18.9 Å². The molecule has 14 heteroatoms. The number of methoxy groups -OCH3 is 3. The smallest absolute Gasteiger partial charge is 0.342 e. The van der Waals surface area contributed by atoms with E-state index in [1.165, 1.54) is 27.4 Å². The number of benzene rings is 2. The van der Waals surface area contributed by atoms with Gasteiger partial charge in [0.1, 0.15) is 22.8 Å². The molecule has 2 amide bonds. The first kappa shape index (κ1) is 41.8. The van der Waals surface area contributed by atoms with Gasteiger partial charge in [0.2, 0.25) is 17.6 Å². The number of pyridine rings is 1. The van der Waals surface area contributed by atoms with Crippen LogP contribution in [0.4, 0.5) is 0 Å². The van der Waals surface area contributed by atoms with Gasteiger partial charge >= 0.3 is 5.97 Å². The summed E-state index contributed by atoms with van der Waals surface area (Å²) in [4.78, 5) is 67.7. The van der Waals surface area contributed by atoms with Crippen LogP contribution in [0, 0.1) is 5.92 Å². The van der Waals surface area contributed by atoms with E-state index in [9.17, 15) is 34.2 Å². The van der Waals surface area contributed by atoms with Gasteiger partial charge in [-0.3, -0.25) is 19.2 Å². The predicted molar refractivity (Wildman–Crippen MR) is 215 cm³/mol. The van der Waals surface area contributed by atoms with Gasteiger partial charge in [0.25, 0.3) is 5.56 Å². The van der Waals surface area contributed by atoms with Crippen LogP contribution in [0.15, 0.2) is 47.3 Å². The van der Waals surface area contributed by atoms with Crippen LogP contribution in [0.2, 0.25) is 0 Å². The number of rotatable bonds is 10. The number of Topliss-reactive ketones (excluding diaryl/α,β-unsaturated/α-hetero) is 1. The van der Waals surface area contributed by atoms with Crippen molar-refractivity contribution in [1.29, 1.82) is 0 Å². The third-order valence-corrected chi connectivity index (χ3v) is 11.4. The molecule has 1 fully saturated rings. The summed E-state index contributed by atoms with van der Waals surface area (Å²) in [7, 11) is 4.33. The fraction of sp³-hybridized carbons (Fsp3) is 0.477. The monoisotopic (exact) mass is 799 g/mol. The highest BCUT2D eigenvalue weighted by molar-refractivity contribution is 5.98. The number of phenolic OH excluding ortho intramolecular Hbond substituents is 2. The normalized spacial score (nSPS) is 20.1. The van der Waals surface area contributed by atoms with Crippen LogP contribution >= 0.6 is 0 Å². The fourth-order valence-electron chi connectivity index (χ4n) is 8.53. The van der Waals surface area contributed by atoms with E-state index < -0.39 is 29.6 Å². The molecular formula is C44H53N3O11. The molecule has 14 nitrogen and oxygen atoms in total. The van der Waals surface area contributed by atoms with Gasteiger partial charge in [-0.25, -0.2) is 4.79 Å². The minimum Gasteiger partial charge on any atom is -0.507 e. The van der Waals surface area contributed by atoms with Gasteiger partial charge < -0.3 is 43.9 Å². The Morgan fingerprint density at radius 2 is 1.71 bits per heavy atom. The number of phenols is 2. The Morgan fingerprint density at radius 3 is 2.43 bits per heavy atom. The zero-order chi connectivity index (χ0) is 41.5. The first-order valence-corrected chi connectivity index (χ1v) is 19.9. The molecule has 3 aliphatic heterocycles. The molecule has 3 aliphatic rings. The molecule has 1 aromatic heterocycles. The number of hydrogen-bond acceptors (Lipinski definition) is 11. The predicted octanol–water partition coefficient (Wildman–Crippen LogP) is 5.44. The van der Waals surface area contributed by atoms with Crippen LogP contribution in [-0.4, -0.2) is 90.3 Å². The van der Waals surface area contributed by atoms with Crippen LogP contribution in [0.5, 0.6) is 28.7 Å². The van der Waals surface area contributed by atoms with E-state index in [1.54, 1.807) is 43.3 Å². The number of amides is 2. The van der Waals surface area contributed by atoms with Crippen molar-refractivity contribution >= 4 is 29.6 Å². The Morgan fingerprint density at radius 1 is 0.966 bits per heavy atom. The summed E-state index contributed by atoms with van der Waals surface area (Å²) >= 11 is 0. The van der Waals surface area contributed by atoms with Crippen molar-refractivity contribution < 1.29 is 48.3 Å². The van der Waals surface area contributed by atoms with Crippen molar-refractivity contribution in [2.75, 3.05) is 41.0 Å². The van der Waals surface area contributed by atoms with Crippen LogP contribution in [0.25, 0.3) is 6.08 Å². The summed E-state index contributed by atoms with van der Waals surface area (Å²) < 4.78 is 24.3. The first-order chi connectivity index (χ1) is 27.9. The number of hydrogen-bond donors (Lipinski definition) is 3.